The van der Waals surface area contributed by atoms with E-state index >= 15 is 0 Å². The number of fused-ring (bicyclic) bond motifs is 2. The fourth-order valence-electron chi connectivity index (χ4n) is 5.14. The number of ether oxygens (including phenoxy) is 1. The highest BCUT2D eigenvalue weighted by molar-refractivity contribution is 6.34. The number of hydrogen-bond donors (Lipinski definition) is 1. The predicted molar refractivity (Wildman–Crippen MR) is 158 cm³/mol. The van der Waals surface area contributed by atoms with Crippen LogP contribution in [0.2, 0.25) is 5.02 Å². The molecule has 0 saturated heterocycles. The van der Waals surface area contributed by atoms with E-state index in [4.69, 9.17) is 16.3 Å². The van der Waals surface area contributed by atoms with Crippen molar-refractivity contribution in [3.8, 4) is 28.6 Å². The van der Waals surface area contributed by atoms with Crippen LogP contribution in [0.1, 0.15) is 22.3 Å². The van der Waals surface area contributed by atoms with E-state index in [1.165, 1.54) is 30.0 Å². The third-order valence-corrected chi connectivity index (χ3v) is 7.58. The lowest BCUT2D eigenvalue weighted by atomic mass is 10.0. The summed E-state index contributed by atoms with van der Waals surface area (Å²) < 4.78 is 22.5. The van der Waals surface area contributed by atoms with Crippen molar-refractivity contribution in [1.29, 1.82) is 5.26 Å². The van der Waals surface area contributed by atoms with Crippen LogP contribution < -0.4 is 16.0 Å². The van der Waals surface area contributed by atoms with Gasteiger partial charge in [-0.05, 0) is 78.6 Å². The van der Waals surface area contributed by atoms with E-state index in [0.717, 1.165) is 21.0 Å². The van der Waals surface area contributed by atoms with E-state index in [1.807, 2.05) is 12.1 Å². The van der Waals surface area contributed by atoms with Crippen molar-refractivity contribution in [2.75, 3.05) is 7.11 Å². The highest BCUT2D eigenvalue weighted by Gasteiger charge is 2.22. The van der Waals surface area contributed by atoms with Crippen LogP contribution in [0.15, 0.2) is 70.6 Å². The fourth-order valence-corrected chi connectivity index (χ4v) is 5.41. The minimum Gasteiger partial charge on any atom is -0.496 e. The second-order valence-corrected chi connectivity index (χ2v) is 10.4. The molecule has 0 bridgehead atoms. The molecule has 0 spiro atoms. The standard InChI is InChI=1S/C31H22ClFN6O3/c1-16-4-22(14-35-12-16)39-30(40)29-27(38(31(39)41)15-21-6-19(11-34)25(33)5-17(21)2)8-18(9-28(29)42-3)23-7-20-13-36-37-26(20)10-24(23)32/h4-10,12-14H,15H2,1-3H3,(H,36,37). The first kappa shape index (κ1) is 26.9. The van der Waals surface area contributed by atoms with Gasteiger partial charge in [0.05, 0.1) is 53.4 Å². The van der Waals surface area contributed by atoms with Crippen molar-refractivity contribution in [3.63, 3.8) is 0 Å². The first-order valence-corrected chi connectivity index (χ1v) is 13.2. The zero-order chi connectivity index (χ0) is 29.7. The van der Waals surface area contributed by atoms with Crippen LogP contribution in [0.3, 0.4) is 0 Å². The average molecular weight is 581 g/mol. The summed E-state index contributed by atoms with van der Waals surface area (Å²) in [5, 5.41) is 17.8. The molecule has 0 aliphatic heterocycles. The lowest BCUT2D eigenvalue weighted by Gasteiger charge is -2.18. The Kier molecular flexibility index (Phi) is 6.59. The summed E-state index contributed by atoms with van der Waals surface area (Å²) in [7, 11) is 1.44. The quantitative estimate of drug-likeness (QED) is 0.290. The van der Waals surface area contributed by atoms with Gasteiger partial charge in [0.25, 0.3) is 5.56 Å². The summed E-state index contributed by atoms with van der Waals surface area (Å²) in [6.45, 7) is 3.44. The summed E-state index contributed by atoms with van der Waals surface area (Å²) in [6.07, 6.45) is 4.72. The van der Waals surface area contributed by atoms with E-state index < -0.39 is 17.1 Å². The summed E-state index contributed by atoms with van der Waals surface area (Å²) >= 11 is 6.67. The number of hydrogen-bond acceptors (Lipinski definition) is 6. The van der Waals surface area contributed by atoms with Gasteiger partial charge in [-0.1, -0.05) is 11.6 Å². The number of pyridine rings is 1. The Morgan fingerprint density at radius 1 is 1.07 bits per heavy atom. The molecule has 6 aromatic rings. The minimum absolute atomic E-state index is 0.0588. The van der Waals surface area contributed by atoms with Gasteiger partial charge in [-0.3, -0.25) is 19.4 Å². The SMILES string of the molecule is COc1cc(-c2cc3cn[nH]c3cc2Cl)cc2c1c(=O)n(-c1cncc(C)c1)c(=O)n2Cc1cc(C#N)c(F)cc1C. The molecule has 0 aliphatic carbocycles. The van der Waals surface area contributed by atoms with Crippen LogP contribution in [0.5, 0.6) is 5.75 Å². The van der Waals surface area contributed by atoms with E-state index in [1.54, 1.807) is 50.5 Å². The molecule has 208 valence electrons. The maximum absolute atomic E-state index is 14.4. The minimum atomic E-state index is -0.653. The smallest absolute Gasteiger partial charge is 0.336 e. The van der Waals surface area contributed by atoms with Crippen molar-refractivity contribution >= 4 is 33.4 Å². The molecule has 42 heavy (non-hydrogen) atoms. The monoisotopic (exact) mass is 580 g/mol. The highest BCUT2D eigenvalue weighted by Crippen LogP contribution is 2.36. The maximum Gasteiger partial charge on any atom is 0.336 e. The number of nitrogens with one attached hydrogen (secondary N) is 1. The molecule has 6 rings (SSSR count). The molecule has 11 heteroatoms. The Morgan fingerprint density at radius 2 is 1.88 bits per heavy atom. The Morgan fingerprint density at radius 3 is 2.62 bits per heavy atom. The third-order valence-electron chi connectivity index (χ3n) is 7.26. The van der Waals surface area contributed by atoms with Gasteiger partial charge in [-0.15, -0.1) is 0 Å². The zero-order valence-corrected chi connectivity index (χ0v) is 23.5. The maximum atomic E-state index is 14.4. The second kappa shape index (κ2) is 10.3. The number of nitrogens with zero attached hydrogens (tertiary/aromatic N) is 5. The van der Waals surface area contributed by atoms with Crippen molar-refractivity contribution in [2.24, 2.45) is 0 Å². The Hall–Kier alpha value is -5.27. The largest absolute Gasteiger partial charge is 0.496 e. The highest BCUT2D eigenvalue weighted by atomic mass is 35.5. The van der Waals surface area contributed by atoms with Crippen LogP contribution in [0.25, 0.3) is 38.6 Å². The number of benzene rings is 3. The third kappa shape index (κ3) is 4.40. The van der Waals surface area contributed by atoms with E-state index in [-0.39, 0.29) is 34.4 Å². The lowest BCUT2D eigenvalue weighted by molar-refractivity contribution is 0.419. The van der Waals surface area contributed by atoms with Gasteiger partial charge in [0, 0.05) is 17.1 Å². The molecular weight excluding hydrogens is 559 g/mol. The van der Waals surface area contributed by atoms with Crippen molar-refractivity contribution in [3.05, 3.63) is 115 Å². The molecule has 3 heterocycles. The van der Waals surface area contributed by atoms with E-state index in [9.17, 15) is 19.2 Å². The molecule has 9 nitrogen and oxygen atoms in total. The van der Waals surface area contributed by atoms with Crippen LogP contribution in [-0.4, -0.2) is 31.4 Å². The Bertz CT molecular complexity index is 2230. The molecule has 0 amide bonds. The Balaban J connectivity index is 1.72. The first-order chi connectivity index (χ1) is 20.2. The lowest BCUT2D eigenvalue weighted by Crippen LogP contribution is -2.39. The summed E-state index contributed by atoms with van der Waals surface area (Å²) in [6, 6.07) is 13.2. The molecule has 1 N–H and O–H groups in total. The zero-order valence-electron chi connectivity index (χ0n) is 22.7. The number of halogens is 2. The number of aromatic nitrogens is 5. The topological polar surface area (TPSA) is 119 Å². The van der Waals surface area contributed by atoms with Gasteiger partial charge in [0.1, 0.15) is 23.0 Å². The molecule has 0 radical (unpaired) electrons. The number of methoxy groups -OCH3 is 1. The summed E-state index contributed by atoms with van der Waals surface area (Å²) in [5.74, 6) is -0.424. The molecule has 3 aromatic carbocycles. The van der Waals surface area contributed by atoms with Crippen molar-refractivity contribution < 1.29 is 9.13 Å². The summed E-state index contributed by atoms with van der Waals surface area (Å²) in [4.78, 5) is 32.4. The molecule has 0 fully saturated rings. The van der Waals surface area contributed by atoms with Crippen LogP contribution in [0, 0.1) is 31.0 Å². The number of nitriles is 1. The van der Waals surface area contributed by atoms with Crippen LogP contribution in [-0.2, 0) is 6.54 Å². The van der Waals surface area contributed by atoms with Crippen LogP contribution >= 0.6 is 11.6 Å². The van der Waals surface area contributed by atoms with E-state index in [0.29, 0.717) is 27.3 Å². The van der Waals surface area contributed by atoms with E-state index in [2.05, 4.69) is 15.2 Å². The number of aryl methyl sites for hydroxylation is 2. The van der Waals surface area contributed by atoms with Gasteiger partial charge < -0.3 is 4.74 Å². The van der Waals surface area contributed by atoms with Gasteiger partial charge in [0.2, 0.25) is 0 Å². The van der Waals surface area contributed by atoms with Crippen molar-refractivity contribution in [1.82, 2.24) is 24.3 Å². The number of rotatable bonds is 5. The first-order valence-electron chi connectivity index (χ1n) is 12.8. The van der Waals surface area contributed by atoms with Crippen LogP contribution in [0.4, 0.5) is 4.39 Å². The molecule has 3 aromatic heterocycles. The second-order valence-electron chi connectivity index (χ2n) is 9.96. The molecule has 0 aliphatic rings. The molecule has 0 unspecified atom stereocenters. The fraction of sp³-hybridized carbons (Fsp3) is 0.129. The molecule has 0 atom stereocenters. The number of aromatic amines is 1. The van der Waals surface area contributed by atoms with Crippen molar-refractivity contribution in [2.45, 2.75) is 20.4 Å². The molecular formula is C31H22ClFN6O3. The normalized spacial score (nSPS) is 11.2. The van der Waals surface area contributed by atoms with Gasteiger partial charge >= 0.3 is 5.69 Å². The molecule has 0 saturated carbocycles. The van der Waals surface area contributed by atoms with Gasteiger partial charge in [-0.2, -0.15) is 10.4 Å². The average Bonchev–Trinajstić information content (AvgIpc) is 3.42. The Labute approximate surface area is 243 Å². The summed E-state index contributed by atoms with van der Waals surface area (Å²) in [5.41, 5.74) is 3.01. The predicted octanol–water partition coefficient (Wildman–Crippen LogP) is 5.43. The number of H-pyrrole nitrogens is 1. The van der Waals surface area contributed by atoms with Gasteiger partial charge in [-0.25, -0.2) is 13.8 Å². The van der Waals surface area contributed by atoms with Gasteiger partial charge in [0.15, 0.2) is 0 Å².